The van der Waals surface area contributed by atoms with Gasteiger partial charge in [0.15, 0.2) is 0 Å². The van der Waals surface area contributed by atoms with E-state index in [9.17, 15) is 4.79 Å². The van der Waals surface area contributed by atoms with E-state index in [0.29, 0.717) is 33.0 Å². The second-order valence-corrected chi connectivity index (χ2v) is 9.19. The van der Waals surface area contributed by atoms with Crippen molar-refractivity contribution in [3.63, 3.8) is 0 Å². The standard InChI is InChI=1S/C26H31N3O3/c1-20-2-5-23(6-3-20)26(8-13-31-14-9-26)25(30)29-12-15-32-19-22(18-29)16-21-4-7-24-27-10-11-28(24)17-21/h2-7,10-11,17,22H,8-9,12-16,18-19H2,1H3. The monoisotopic (exact) mass is 433 g/mol. The molecule has 6 heteroatoms. The van der Waals surface area contributed by atoms with Crippen LogP contribution in [0.25, 0.3) is 5.65 Å². The highest BCUT2D eigenvalue weighted by Gasteiger charge is 2.44. The van der Waals surface area contributed by atoms with E-state index < -0.39 is 5.41 Å². The molecule has 3 aromatic rings. The summed E-state index contributed by atoms with van der Waals surface area (Å²) < 4.78 is 13.6. The molecule has 2 fully saturated rings. The largest absolute Gasteiger partial charge is 0.381 e. The van der Waals surface area contributed by atoms with Crippen LogP contribution in [0, 0.1) is 12.8 Å². The van der Waals surface area contributed by atoms with Gasteiger partial charge in [-0.1, -0.05) is 35.9 Å². The van der Waals surface area contributed by atoms with Gasteiger partial charge in [0, 0.05) is 50.8 Å². The molecule has 5 rings (SSSR count). The summed E-state index contributed by atoms with van der Waals surface area (Å²) in [5, 5.41) is 0. The molecule has 4 heterocycles. The first-order valence-electron chi connectivity index (χ1n) is 11.6. The highest BCUT2D eigenvalue weighted by Crippen LogP contribution is 2.37. The van der Waals surface area contributed by atoms with Gasteiger partial charge in [-0.25, -0.2) is 4.98 Å². The smallest absolute Gasteiger partial charge is 0.233 e. The van der Waals surface area contributed by atoms with Gasteiger partial charge in [0.05, 0.1) is 18.6 Å². The molecule has 0 bridgehead atoms. The van der Waals surface area contributed by atoms with Crippen molar-refractivity contribution in [2.24, 2.45) is 5.92 Å². The molecule has 0 radical (unpaired) electrons. The van der Waals surface area contributed by atoms with Gasteiger partial charge in [-0.2, -0.15) is 0 Å². The number of aromatic nitrogens is 2. The van der Waals surface area contributed by atoms with Gasteiger partial charge in [0.25, 0.3) is 0 Å². The molecule has 1 aromatic carbocycles. The third-order valence-corrected chi connectivity index (χ3v) is 6.96. The molecule has 1 atom stereocenters. The Morgan fingerprint density at radius 3 is 2.72 bits per heavy atom. The molecule has 1 amide bonds. The molecule has 2 aliphatic heterocycles. The summed E-state index contributed by atoms with van der Waals surface area (Å²) in [6.07, 6.45) is 8.24. The van der Waals surface area contributed by atoms with E-state index in [1.165, 1.54) is 11.1 Å². The van der Waals surface area contributed by atoms with E-state index in [1.807, 2.05) is 22.9 Å². The molecule has 32 heavy (non-hydrogen) atoms. The Kier molecular flexibility index (Phi) is 5.98. The van der Waals surface area contributed by atoms with Crippen molar-refractivity contribution < 1.29 is 14.3 Å². The Balaban J connectivity index is 1.37. The van der Waals surface area contributed by atoms with Crippen LogP contribution in [-0.2, 0) is 26.1 Å². The summed E-state index contributed by atoms with van der Waals surface area (Å²) >= 11 is 0. The number of nitrogens with zero attached hydrogens (tertiary/aromatic N) is 3. The van der Waals surface area contributed by atoms with E-state index in [0.717, 1.165) is 37.0 Å². The fourth-order valence-electron chi connectivity index (χ4n) is 5.13. The van der Waals surface area contributed by atoms with E-state index >= 15 is 0 Å². The van der Waals surface area contributed by atoms with Crippen LogP contribution >= 0.6 is 0 Å². The molecular formula is C26H31N3O3. The van der Waals surface area contributed by atoms with Crippen molar-refractivity contribution in [2.75, 3.05) is 39.5 Å². The van der Waals surface area contributed by atoms with Crippen molar-refractivity contribution in [2.45, 2.75) is 31.6 Å². The lowest BCUT2D eigenvalue weighted by molar-refractivity contribution is -0.141. The fourth-order valence-corrected chi connectivity index (χ4v) is 5.13. The number of hydrogen-bond donors (Lipinski definition) is 0. The zero-order valence-electron chi connectivity index (χ0n) is 18.7. The lowest BCUT2D eigenvalue weighted by Crippen LogP contribution is -2.51. The van der Waals surface area contributed by atoms with Crippen LogP contribution in [0.15, 0.2) is 55.0 Å². The van der Waals surface area contributed by atoms with Gasteiger partial charge in [0.1, 0.15) is 5.65 Å². The molecule has 2 aliphatic rings. The van der Waals surface area contributed by atoms with Gasteiger partial charge >= 0.3 is 0 Å². The highest BCUT2D eigenvalue weighted by molar-refractivity contribution is 5.88. The summed E-state index contributed by atoms with van der Waals surface area (Å²) in [7, 11) is 0. The third kappa shape index (κ3) is 4.17. The molecule has 2 aromatic heterocycles. The second-order valence-electron chi connectivity index (χ2n) is 9.19. The van der Waals surface area contributed by atoms with Gasteiger partial charge < -0.3 is 18.8 Å². The molecule has 2 saturated heterocycles. The number of benzene rings is 1. The minimum Gasteiger partial charge on any atom is -0.381 e. The number of fused-ring (bicyclic) bond motifs is 1. The van der Waals surface area contributed by atoms with Crippen LogP contribution in [-0.4, -0.2) is 59.7 Å². The maximum Gasteiger partial charge on any atom is 0.233 e. The number of rotatable bonds is 4. The predicted octanol–water partition coefficient (Wildman–Crippen LogP) is 3.41. The number of hydrogen-bond acceptors (Lipinski definition) is 4. The molecule has 0 spiro atoms. The van der Waals surface area contributed by atoms with E-state index in [-0.39, 0.29) is 11.8 Å². The van der Waals surface area contributed by atoms with Crippen LogP contribution in [0.1, 0.15) is 29.5 Å². The van der Waals surface area contributed by atoms with E-state index in [1.54, 1.807) is 0 Å². The van der Waals surface area contributed by atoms with Gasteiger partial charge in [-0.15, -0.1) is 0 Å². The summed E-state index contributed by atoms with van der Waals surface area (Å²) in [5.41, 5.74) is 4.00. The Morgan fingerprint density at radius 2 is 1.91 bits per heavy atom. The summed E-state index contributed by atoms with van der Waals surface area (Å²) in [6.45, 7) is 5.95. The van der Waals surface area contributed by atoms with Gasteiger partial charge in [0.2, 0.25) is 5.91 Å². The van der Waals surface area contributed by atoms with Crippen LogP contribution in [0.2, 0.25) is 0 Å². The minimum absolute atomic E-state index is 0.227. The number of imidazole rings is 1. The second kappa shape index (κ2) is 9.04. The Bertz CT molecular complexity index is 1070. The number of ether oxygens (including phenoxy) is 2. The van der Waals surface area contributed by atoms with Gasteiger partial charge in [-0.3, -0.25) is 4.79 Å². The molecule has 0 N–H and O–H groups in total. The number of amides is 1. The summed E-state index contributed by atoms with van der Waals surface area (Å²) in [5.74, 6) is 0.488. The van der Waals surface area contributed by atoms with Crippen LogP contribution in [0.3, 0.4) is 0 Å². The summed E-state index contributed by atoms with van der Waals surface area (Å²) in [6, 6.07) is 12.7. The maximum atomic E-state index is 14.1. The van der Waals surface area contributed by atoms with Crippen molar-refractivity contribution in [3.05, 3.63) is 71.7 Å². The number of pyridine rings is 1. The molecule has 1 unspecified atom stereocenters. The molecule has 6 nitrogen and oxygen atoms in total. The van der Waals surface area contributed by atoms with E-state index in [2.05, 4.69) is 53.3 Å². The third-order valence-electron chi connectivity index (χ3n) is 6.96. The zero-order chi connectivity index (χ0) is 22.0. The maximum absolute atomic E-state index is 14.1. The van der Waals surface area contributed by atoms with Crippen molar-refractivity contribution >= 4 is 11.6 Å². The van der Waals surface area contributed by atoms with Crippen LogP contribution in [0.4, 0.5) is 0 Å². The average Bonchev–Trinajstić information content (AvgIpc) is 3.17. The van der Waals surface area contributed by atoms with Crippen LogP contribution < -0.4 is 0 Å². The van der Waals surface area contributed by atoms with E-state index in [4.69, 9.17) is 9.47 Å². The first-order valence-corrected chi connectivity index (χ1v) is 11.6. The molecule has 168 valence electrons. The highest BCUT2D eigenvalue weighted by atomic mass is 16.5. The van der Waals surface area contributed by atoms with Gasteiger partial charge in [-0.05, 0) is 43.4 Å². The SMILES string of the molecule is Cc1ccc(C2(C(=O)N3CCOCC(Cc4ccc5nccn5c4)C3)CCOCC2)cc1. The number of carbonyl (C=O) groups excluding carboxylic acids is 1. The van der Waals surface area contributed by atoms with Crippen molar-refractivity contribution in [3.8, 4) is 0 Å². The first-order chi connectivity index (χ1) is 15.6. The van der Waals surface area contributed by atoms with Crippen molar-refractivity contribution in [1.82, 2.24) is 14.3 Å². The summed E-state index contributed by atoms with van der Waals surface area (Å²) in [4.78, 5) is 20.4. The number of carbonyl (C=O) groups is 1. The zero-order valence-corrected chi connectivity index (χ0v) is 18.7. The predicted molar refractivity (Wildman–Crippen MR) is 123 cm³/mol. The Labute approximate surface area is 189 Å². The van der Waals surface area contributed by atoms with Crippen molar-refractivity contribution in [1.29, 1.82) is 0 Å². The number of aryl methyl sites for hydroxylation is 1. The molecular weight excluding hydrogens is 402 g/mol. The molecule has 0 saturated carbocycles. The Hall–Kier alpha value is -2.70. The first kappa shape index (κ1) is 21.2. The topological polar surface area (TPSA) is 56.1 Å². The normalized spacial score (nSPS) is 21.4. The molecule has 0 aliphatic carbocycles. The quantitative estimate of drug-likeness (QED) is 0.633. The lowest BCUT2D eigenvalue weighted by Gasteiger charge is -2.40. The fraction of sp³-hybridized carbons (Fsp3) is 0.462. The lowest BCUT2D eigenvalue weighted by atomic mass is 9.72. The Morgan fingerprint density at radius 1 is 1.09 bits per heavy atom. The van der Waals surface area contributed by atoms with Crippen LogP contribution in [0.5, 0.6) is 0 Å². The average molecular weight is 434 g/mol. The minimum atomic E-state index is -0.503.